The molecule has 0 aromatic heterocycles. The predicted molar refractivity (Wildman–Crippen MR) is 143 cm³/mol. The number of allylic oxidation sites excluding steroid dienone is 2. The molecule has 7 heteroatoms. The zero-order chi connectivity index (χ0) is 26.6. The van der Waals surface area contributed by atoms with Crippen LogP contribution in [0.5, 0.6) is 0 Å². The number of nitrogens with zero attached hydrogens (tertiary/aromatic N) is 1. The van der Waals surface area contributed by atoms with Crippen LogP contribution in [0.1, 0.15) is 35.4 Å². The van der Waals surface area contributed by atoms with Crippen molar-refractivity contribution >= 4 is 18.0 Å². The van der Waals surface area contributed by atoms with E-state index in [1.54, 1.807) is 23.1 Å². The summed E-state index contributed by atoms with van der Waals surface area (Å²) in [7, 11) is 1.38. The van der Waals surface area contributed by atoms with Gasteiger partial charge in [0.15, 0.2) is 0 Å². The molecule has 2 amide bonds. The van der Waals surface area contributed by atoms with E-state index in [9.17, 15) is 14.4 Å². The van der Waals surface area contributed by atoms with Gasteiger partial charge >= 0.3 is 12.1 Å². The molecule has 194 valence electrons. The third-order valence-corrected chi connectivity index (χ3v) is 6.44. The second-order valence-electron chi connectivity index (χ2n) is 8.84. The molecule has 1 fully saturated rings. The molecule has 1 heterocycles. The van der Waals surface area contributed by atoms with Gasteiger partial charge in [0.25, 0.3) is 0 Å². The number of benzene rings is 2. The average molecular weight is 503 g/mol. The molecule has 3 rings (SSSR count). The van der Waals surface area contributed by atoms with Gasteiger partial charge in [-0.1, -0.05) is 86.0 Å². The Kier molecular flexibility index (Phi) is 10.3. The van der Waals surface area contributed by atoms with E-state index in [0.29, 0.717) is 24.6 Å². The van der Waals surface area contributed by atoms with E-state index in [-0.39, 0.29) is 24.9 Å². The molecule has 2 aromatic carbocycles. The number of piperidine rings is 1. The summed E-state index contributed by atoms with van der Waals surface area (Å²) in [4.78, 5) is 39.3. The Balaban J connectivity index is 1.61. The van der Waals surface area contributed by atoms with Crippen LogP contribution in [0.3, 0.4) is 0 Å². The van der Waals surface area contributed by atoms with E-state index in [1.807, 2.05) is 54.6 Å². The Hall–Kier alpha value is -4.13. The highest BCUT2D eigenvalue weighted by Crippen LogP contribution is 2.29. The highest BCUT2D eigenvalue weighted by atomic mass is 16.5. The monoisotopic (exact) mass is 502 g/mol. The second-order valence-corrected chi connectivity index (χ2v) is 8.84. The standard InChI is InChI=1S/C30H34N2O5/c1-4-9-24(5-2)28(31-30(35)37-21-23-10-7-6-8-11-23)29(34)32-18-16-26(17-19-32)25-14-12-22(13-15-25)20-27(33)36-3/h4-15,26,28H,1-2,16-21H2,3H3,(H,31,35)/b24-9+/t28-/m0/s1. The minimum absolute atomic E-state index is 0.103. The molecule has 1 atom stereocenters. The van der Waals surface area contributed by atoms with Crippen molar-refractivity contribution in [3.63, 3.8) is 0 Å². The first-order valence-corrected chi connectivity index (χ1v) is 12.3. The molecular formula is C30H34N2O5. The van der Waals surface area contributed by atoms with Gasteiger partial charge in [0.05, 0.1) is 13.5 Å². The van der Waals surface area contributed by atoms with Gasteiger partial charge in [-0.3, -0.25) is 9.59 Å². The zero-order valence-electron chi connectivity index (χ0n) is 21.2. The number of ether oxygens (including phenoxy) is 2. The van der Waals surface area contributed by atoms with Gasteiger partial charge in [-0.15, -0.1) is 0 Å². The summed E-state index contributed by atoms with van der Waals surface area (Å²) in [5.74, 6) is -0.173. The first-order valence-electron chi connectivity index (χ1n) is 12.3. The van der Waals surface area contributed by atoms with Crippen LogP contribution in [0.25, 0.3) is 0 Å². The molecule has 0 radical (unpaired) electrons. The van der Waals surface area contributed by atoms with E-state index in [4.69, 9.17) is 9.47 Å². The zero-order valence-corrected chi connectivity index (χ0v) is 21.2. The molecule has 2 aromatic rings. The Morgan fingerprint density at radius 3 is 2.30 bits per heavy atom. The van der Waals surface area contributed by atoms with Crippen LogP contribution < -0.4 is 5.32 Å². The maximum Gasteiger partial charge on any atom is 0.408 e. The number of hydrogen-bond acceptors (Lipinski definition) is 5. The van der Waals surface area contributed by atoms with Crippen LogP contribution in [-0.2, 0) is 32.1 Å². The Bertz CT molecular complexity index is 1120. The molecule has 1 aliphatic rings. The van der Waals surface area contributed by atoms with Crippen molar-refractivity contribution in [1.82, 2.24) is 10.2 Å². The summed E-state index contributed by atoms with van der Waals surface area (Å²) in [5.41, 5.74) is 3.48. The maximum atomic E-state index is 13.5. The number of alkyl carbamates (subject to hydrolysis) is 1. The fraction of sp³-hybridized carbons (Fsp3) is 0.300. The molecule has 1 saturated heterocycles. The predicted octanol–water partition coefficient (Wildman–Crippen LogP) is 4.70. The van der Waals surface area contributed by atoms with E-state index in [2.05, 4.69) is 18.5 Å². The number of carbonyl (C=O) groups is 3. The summed E-state index contributed by atoms with van der Waals surface area (Å²) < 4.78 is 10.1. The Morgan fingerprint density at radius 1 is 1.03 bits per heavy atom. The van der Waals surface area contributed by atoms with Gasteiger partial charge in [-0.05, 0) is 41.0 Å². The third-order valence-electron chi connectivity index (χ3n) is 6.44. The van der Waals surface area contributed by atoms with Crippen molar-refractivity contribution in [3.05, 3.63) is 108 Å². The fourth-order valence-electron chi connectivity index (χ4n) is 4.35. The summed E-state index contributed by atoms with van der Waals surface area (Å²) in [6, 6.07) is 16.4. The second kappa shape index (κ2) is 13.8. The molecule has 0 bridgehead atoms. The highest BCUT2D eigenvalue weighted by molar-refractivity contribution is 5.89. The number of likely N-dealkylation sites (tertiary alicyclic amines) is 1. The lowest BCUT2D eigenvalue weighted by atomic mass is 9.88. The number of amides is 2. The van der Waals surface area contributed by atoms with Crippen molar-refractivity contribution in [2.24, 2.45) is 0 Å². The maximum absolute atomic E-state index is 13.5. The fourth-order valence-corrected chi connectivity index (χ4v) is 4.35. The van der Waals surface area contributed by atoms with Gasteiger partial charge in [-0.2, -0.15) is 0 Å². The minimum Gasteiger partial charge on any atom is -0.469 e. The molecule has 7 nitrogen and oxygen atoms in total. The smallest absolute Gasteiger partial charge is 0.408 e. The van der Waals surface area contributed by atoms with E-state index < -0.39 is 12.1 Å². The van der Waals surface area contributed by atoms with E-state index >= 15 is 0 Å². The molecule has 0 spiro atoms. The van der Waals surface area contributed by atoms with Crippen LogP contribution in [0.15, 0.2) is 91.6 Å². The molecule has 0 saturated carbocycles. The van der Waals surface area contributed by atoms with Gasteiger partial charge in [0.2, 0.25) is 5.91 Å². The average Bonchev–Trinajstić information content (AvgIpc) is 2.94. The third kappa shape index (κ3) is 7.93. The quantitative estimate of drug-likeness (QED) is 0.376. The number of esters is 1. The molecule has 1 N–H and O–H groups in total. The van der Waals surface area contributed by atoms with Crippen LogP contribution in [0.2, 0.25) is 0 Å². The van der Waals surface area contributed by atoms with Crippen LogP contribution in [0, 0.1) is 0 Å². The SMILES string of the molecule is C=C/C=C(\C=C)[C@H](NC(=O)OCc1ccccc1)C(=O)N1CCC(c2ccc(CC(=O)OC)cc2)CC1. The van der Waals surface area contributed by atoms with Gasteiger partial charge in [0, 0.05) is 13.1 Å². The number of methoxy groups -OCH3 is 1. The van der Waals surface area contributed by atoms with Crippen molar-refractivity contribution in [3.8, 4) is 0 Å². The van der Waals surface area contributed by atoms with Gasteiger partial charge in [0.1, 0.15) is 12.6 Å². The lowest BCUT2D eigenvalue weighted by Gasteiger charge is -2.35. The topological polar surface area (TPSA) is 84.9 Å². The Morgan fingerprint density at radius 2 is 1.70 bits per heavy atom. The summed E-state index contributed by atoms with van der Waals surface area (Å²) >= 11 is 0. The van der Waals surface area contributed by atoms with Crippen LogP contribution in [-0.4, -0.2) is 49.1 Å². The van der Waals surface area contributed by atoms with E-state index in [0.717, 1.165) is 24.0 Å². The van der Waals surface area contributed by atoms with Gasteiger partial charge < -0.3 is 19.7 Å². The Labute approximate surface area is 218 Å². The number of carbonyl (C=O) groups excluding carboxylic acids is 3. The summed E-state index contributed by atoms with van der Waals surface area (Å²) in [6.07, 6.45) is 5.92. The first kappa shape index (κ1) is 27.5. The highest BCUT2D eigenvalue weighted by Gasteiger charge is 2.31. The lowest BCUT2D eigenvalue weighted by Crippen LogP contribution is -2.51. The molecule has 37 heavy (non-hydrogen) atoms. The lowest BCUT2D eigenvalue weighted by molar-refractivity contribution is -0.139. The summed E-state index contributed by atoms with van der Waals surface area (Å²) in [6.45, 7) is 8.73. The largest absolute Gasteiger partial charge is 0.469 e. The molecule has 0 unspecified atom stereocenters. The van der Waals surface area contributed by atoms with Crippen molar-refractivity contribution in [1.29, 1.82) is 0 Å². The van der Waals surface area contributed by atoms with Gasteiger partial charge in [-0.25, -0.2) is 4.79 Å². The van der Waals surface area contributed by atoms with Crippen molar-refractivity contribution < 1.29 is 23.9 Å². The first-order chi connectivity index (χ1) is 17.9. The van der Waals surface area contributed by atoms with Crippen molar-refractivity contribution in [2.45, 2.75) is 37.8 Å². The molecule has 1 aliphatic heterocycles. The normalized spacial score (nSPS) is 14.8. The minimum atomic E-state index is -0.923. The summed E-state index contributed by atoms with van der Waals surface area (Å²) in [5, 5.41) is 2.71. The number of nitrogens with one attached hydrogen (secondary N) is 1. The number of hydrogen-bond donors (Lipinski definition) is 1. The van der Waals surface area contributed by atoms with Crippen LogP contribution >= 0.6 is 0 Å². The molecular weight excluding hydrogens is 468 g/mol. The number of rotatable bonds is 10. The van der Waals surface area contributed by atoms with Crippen LogP contribution in [0.4, 0.5) is 4.79 Å². The van der Waals surface area contributed by atoms with E-state index in [1.165, 1.54) is 12.7 Å². The molecule has 0 aliphatic carbocycles. The van der Waals surface area contributed by atoms with Crippen molar-refractivity contribution in [2.75, 3.05) is 20.2 Å².